The number of nitrogens with one attached hydrogen (secondary N) is 1. The van der Waals surface area contributed by atoms with Gasteiger partial charge in [-0.3, -0.25) is 9.59 Å². The van der Waals surface area contributed by atoms with Crippen LogP contribution in [0.3, 0.4) is 0 Å². The van der Waals surface area contributed by atoms with Crippen molar-refractivity contribution in [3.63, 3.8) is 0 Å². The van der Waals surface area contributed by atoms with Gasteiger partial charge in [-0.15, -0.1) is 21.5 Å². The molecular formula is C19H19BrN4O3S2. The van der Waals surface area contributed by atoms with E-state index in [2.05, 4.69) is 31.4 Å². The molecule has 10 heteroatoms. The number of nitrogens with zero attached hydrogens (tertiary/aromatic N) is 3. The number of carbonyl (C=O) groups excluding carboxylic acids is 2. The Labute approximate surface area is 185 Å². The fourth-order valence-electron chi connectivity index (χ4n) is 2.43. The Kier molecular flexibility index (Phi) is 7.84. The normalized spacial score (nSPS) is 10.7. The lowest BCUT2D eigenvalue weighted by Gasteiger charge is -2.19. The molecule has 152 valence electrons. The number of thiophene rings is 1. The molecule has 0 aliphatic heterocycles. The summed E-state index contributed by atoms with van der Waals surface area (Å²) in [5, 5.41) is 13.1. The van der Waals surface area contributed by atoms with E-state index in [0.29, 0.717) is 24.2 Å². The van der Waals surface area contributed by atoms with E-state index in [-0.39, 0.29) is 24.1 Å². The van der Waals surface area contributed by atoms with Crippen LogP contribution < -0.4 is 5.32 Å². The lowest BCUT2D eigenvalue weighted by atomic mass is 10.2. The van der Waals surface area contributed by atoms with E-state index in [1.165, 1.54) is 4.90 Å². The van der Waals surface area contributed by atoms with E-state index in [9.17, 15) is 9.59 Å². The number of likely N-dealkylation sites (N-methyl/N-ethyl adjacent to an activating group) is 1. The highest BCUT2D eigenvalue weighted by Gasteiger charge is 2.18. The van der Waals surface area contributed by atoms with Crippen molar-refractivity contribution in [2.75, 3.05) is 18.8 Å². The predicted molar refractivity (Wildman–Crippen MR) is 117 cm³/mol. The van der Waals surface area contributed by atoms with Crippen molar-refractivity contribution in [1.29, 1.82) is 0 Å². The number of hydrogen-bond donors (Lipinski definition) is 1. The van der Waals surface area contributed by atoms with Gasteiger partial charge < -0.3 is 14.6 Å². The molecule has 2 aromatic heterocycles. The van der Waals surface area contributed by atoms with E-state index in [1.54, 1.807) is 11.3 Å². The fourth-order valence-corrected chi connectivity index (χ4v) is 4.20. The summed E-state index contributed by atoms with van der Waals surface area (Å²) in [6.07, 6.45) is 0. The lowest BCUT2D eigenvalue weighted by Crippen LogP contribution is -2.41. The van der Waals surface area contributed by atoms with Crippen molar-refractivity contribution in [1.82, 2.24) is 20.4 Å². The zero-order valence-corrected chi connectivity index (χ0v) is 18.8. The van der Waals surface area contributed by atoms with Gasteiger partial charge in [0.05, 0.1) is 24.4 Å². The summed E-state index contributed by atoms with van der Waals surface area (Å²) in [6, 6.07) is 11.4. The molecule has 1 aromatic carbocycles. The number of benzene rings is 1. The molecule has 0 aliphatic carbocycles. The number of amides is 2. The molecule has 0 saturated carbocycles. The zero-order valence-electron chi connectivity index (χ0n) is 15.6. The van der Waals surface area contributed by atoms with Crippen molar-refractivity contribution >= 4 is 50.8 Å². The maximum Gasteiger partial charge on any atom is 0.277 e. The standard InChI is InChI=1S/C19H19BrN4O3S2/c1-2-24(11-16(25)21-10-13-6-5-9-28-13)17(26)12-29-19-23-22-18(27-19)14-7-3-4-8-15(14)20/h3-9H,2,10-12H2,1H3,(H,21,25). The Hall–Kier alpha value is -2.17. The Bertz CT molecular complexity index is 962. The van der Waals surface area contributed by atoms with E-state index >= 15 is 0 Å². The molecule has 0 spiro atoms. The zero-order chi connectivity index (χ0) is 20.6. The summed E-state index contributed by atoms with van der Waals surface area (Å²) in [7, 11) is 0. The maximum absolute atomic E-state index is 12.5. The number of rotatable bonds is 9. The molecule has 2 amide bonds. The first-order chi connectivity index (χ1) is 14.1. The van der Waals surface area contributed by atoms with Crippen LogP contribution in [0.2, 0.25) is 0 Å². The van der Waals surface area contributed by atoms with Gasteiger partial charge in [-0.25, -0.2) is 0 Å². The number of hydrogen-bond acceptors (Lipinski definition) is 7. The quantitative estimate of drug-likeness (QED) is 0.454. The topological polar surface area (TPSA) is 88.3 Å². The molecule has 7 nitrogen and oxygen atoms in total. The largest absolute Gasteiger partial charge is 0.411 e. The van der Waals surface area contributed by atoms with Crippen molar-refractivity contribution in [3.8, 4) is 11.5 Å². The molecule has 0 saturated heterocycles. The Morgan fingerprint density at radius 3 is 2.79 bits per heavy atom. The van der Waals surface area contributed by atoms with E-state index in [1.807, 2.05) is 48.7 Å². The third kappa shape index (κ3) is 6.15. The number of carbonyl (C=O) groups is 2. The van der Waals surface area contributed by atoms with Crippen molar-refractivity contribution in [2.24, 2.45) is 0 Å². The van der Waals surface area contributed by atoms with Gasteiger partial charge in [-0.05, 0) is 46.4 Å². The highest BCUT2D eigenvalue weighted by atomic mass is 79.9. The smallest absolute Gasteiger partial charge is 0.277 e. The molecule has 0 unspecified atom stereocenters. The Balaban J connectivity index is 1.49. The van der Waals surface area contributed by atoms with Crippen LogP contribution in [0, 0.1) is 0 Å². The Morgan fingerprint density at radius 2 is 2.07 bits per heavy atom. The van der Waals surface area contributed by atoms with Crippen LogP contribution in [0.5, 0.6) is 0 Å². The Morgan fingerprint density at radius 1 is 1.24 bits per heavy atom. The van der Waals surface area contributed by atoms with Crippen molar-refractivity contribution < 1.29 is 14.0 Å². The fraction of sp³-hybridized carbons (Fsp3) is 0.263. The van der Waals surface area contributed by atoms with Crippen LogP contribution in [-0.4, -0.2) is 45.8 Å². The van der Waals surface area contributed by atoms with Crippen molar-refractivity contribution in [3.05, 3.63) is 51.1 Å². The van der Waals surface area contributed by atoms with Gasteiger partial charge in [0.25, 0.3) is 5.22 Å². The number of thioether (sulfide) groups is 1. The average molecular weight is 495 g/mol. The van der Waals surface area contributed by atoms with Gasteiger partial charge in [-0.2, -0.15) is 0 Å². The maximum atomic E-state index is 12.5. The SMILES string of the molecule is CCN(CC(=O)NCc1cccs1)C(=O)CSc1nnc(-c2ccccc2Br)o1. The van der Waals surface area contributed by atoms with Crippen LogP contribution in [0.25, 0.3) is 11.5 Å². The van der Waals surface area contributed by atoms with Crippen LogP contribution in [0.15, 0.2) is 55.9 Å². The minimum Gasteiger partial charge on any atom is -0.411 e. The minimum absolute atomic E-state index is 0.0211. The molecule has 29 heavy (non-hydrogen) atoms. The van der Waals surface area contributed by atoms with Gasteiger partial charge in [0.1, 0.15) is 0 Å². The molecule has 0 bridgehead atoms. The van der Waals surface area contributed by atoms with Crippen molar-refractivity contribution in [2.45, 2.75) is 18.7 Å². The van der Waals surface area contributed by atoms with E-state index in [0.717, 1.165) is 26.7 Å². The van der Waals surface area contributed by atoms with Crippen LogP contribution in [-0.2, 0) is 16.1 Å². The average Bonchev–Trinajstić information content (AvgIpc) is 3.41. The summed E-state index contributed by atoms with van der Waals surface area (Å²) < 4.78 is 6.49. The highest BCUT2D eigenvalue weighted by molar-refractivity contribution is 9.10. The summed E-state index contributed by atoms with van der Waals surface area (Å²) in [4.78, 5) is 27.2. The first kappa shape index (κ1) is 21.5. The molecule has 0 fully saturated rings. The molecule has 3 rings (SSSR count). The van der Waals surface area contributed by atoms with Gasteiger partial charge in [0.15, 0.2) is 0 Å². The van der Waals surface area contributed by atoms with Gasteiger partial charge >= 0.3 is 0 Å². The van der Waals surface area contributed by atoms with Gasteiger partial charge in [-0.1, -0.05) is 30.0 Å². The van der Waals surface area contributed by atoms with E-state index < -0.39 is 0 Å². The molecule has 0 atom stereocenters. The van der Waals surface area contributed by atoms with Crippen LogP contribution in [0.1, 0.15) is 11.8 Å². The monoisotopic (exact) mass is 494 g/mol. The lowest BCUT2D eigenvalue weighted by molar-refractivity contribution is -0.133. The summed E-state index contributed by atoms with van der Waals surface area (Å²) in [5.74, 6) is 0.147. The van der Waals surface area contributed by atoms with Crippen LogP contribution >= 0.6 is 39.0 Å². The van der Waals surface area contributed by atoms with Crippen LogP contribution in [0.4, 0.5) is 0 Å². The highest BCUT2D eigenvalue weighted by Crippen LogP contribution is 2.29. The second-order valence-corrected chi connectivity index (χ2v) is 8.72. The number of aromatic nitrogens is 2. The third-order valence-electron chi connectivity index (χ3n) is 3.94. The molecular weight excluding hydrogens is 476 g/mol. The molecule has 1 N–H and O–H groups in total. The predicted octanol–water partition coefficient (Wildman–Crippen LogP) is 3.82. The second-order valence-electron chi connectivity index (χ2n) is 5.91. The summed E-state index contributed by atoms with van der Waals surface area (Å²) >= 11 is 6.18. The first-order valence-corrected chi connectivity index (χ1v) is 11.5. The van der Waals surface area contributed by atoms with E-state index in [4.69, 9.17) is 4.42 Å². The third-order valence-corrected chi connectivity index (χ3v) is 6.31. The molecule has 3 aromatic rings. The van der Waals surface area contributed by atoms with Gasteiger partial charge in [0, 0.05) is 15.9 Å². The number of halogens is 1. The molecule has 2 heterocycles. The summed E-state index contributed by atoms with van der Waals surface area (Å²) in [5.41, 5.74) is 0.788. The second kappa shape index (κ2) is 10.6. The first-order valence-electron chi connectivity index (χ1n) is 8.85. The van der Waals surface area contributed by atoms with Gasteiger partial charge in [0.2, 0.25) is 17.7 Å². The minimum atomic E-state index is -0.187. The molecule has 0 aliphatic rings. The summed E-state index contributed by atoms with van der Waals surface area (Å²) in [6.45, 7) is 2.77. The molecule has 0 radical (unpaired) electrons.